The van der Waals surface area contributed by atoms with Gasteiger partial charge >= 0.3 is 0 Å². The standard InChI is InChI=1S/C24H30ClFN2O2S/c1-3-5-14-27-24(30)22(4-2)28(15-18-6-10-20(25)11-7-18)23(29)17-31-16-19-8-12-21(26)13-9-19/h6-13,22H,3-5,14-17H2,1-2H3,(H,27,30). The van der Waals surface area contributed by atoms with E-state index in [4.69, 9.17) is 11.6 Å². The summed E-state index contributed by atoms with van der Waals surface area (Å²) in [6.45, 7) is 4.93. The normalized spacial score (nSPS) is 11.7. The van der Waals surface area contributed by atoms with Crippen LogP contribution < -0.4 is 5.32 Å². The molecule has 2 rings (SSSR count). The maximum atomic E-state index is 13.1. The van der Waals surface area contributed by atoms with Crippen LogP contribution in [0.25, 0.3) is 0 Å². The van der Waals surface area contributed by atoms with Crippen molar-refractivity contribution in [3.8, 4) is 0 Å². The molecular weight excluding hydrogens is 435 g/mol. The lowest BCUT2D eigenvalue weighted by atomic mass is 10.1. The van der Waals surface area contributed by atoms with Crippen molar-refractivity contribution < 1.29 is 14.0 Å². The monoisotopic (exact) mass is 464 g/mol. The Hall–Kier alpha value is -2.05. The second-order valence-corrected chi connectivity index (χ2v) is 8.76. The van der Waals surface area contributed by atoms with Gasteiger partial charge in [-0.05, 0) is 48.2 Å². The number of benzene rings is 2. The Morgan fingerprint density at radius 3 is 2.32 bits per heavy atom. The van der Waals surface area contributed by atoms with Gasteiger partial charge in [-0.15, -0.1) is 11.8 Å². The van der Waals surface area contributed by atoms with Crippen LogP contribution in [0, 0.1) is 5.82 Å². The van der Waals surface area contributed by atoms with Gasteiger partial charge in [0.1, 0.15) is 11.9 Å². The Labute approximate surface area is 193 Å². The highest BCUT2D eigenvalue weighted by molar-refractivity contribution is 7.99. The first-order chi connectivity index (χ1) is 14.9. The molecule has 0 aliphatic carbocycles. The molecule has 7 heteroatoms. The summed E-state index contributed by atoms with van der Waals surface area (Å²) in [5.74, 6) is 0.337. The maximum absolute atomic E-state index is 13.1. The van der Waals surface area contributed by atoms with Gasteiger partial charge in [0.2, 0.25) is 11.8 Å². The van der Waals surface area contributed by atoms with Crippen LogP contribution in [0.3, 0.4) is 0 Å². The number of unbranched alkanes of at least 4 members (excludes halogenated alkanes) is 1. The average Bonchev–Trinajstić information content (AvgIpc) is 2.76. The number of carbonyl (C=O) groups is 2. The topological polar surface area (TPSA) is 49.4 Å². The van der Waals surface area contributed by atoms with Gasteiger partial charge in [-0.1, -0.05) is 56.1 Å². The molecule has 31 heavy (non-hydrogen) atoms. The zero-order valence-electron chi connectivity index (χ0n) is 18.1. The lowest BCUT2D eigenvalue weighted by Gasteiger charge is -2.30. The van der Waals surface area contributed by atoms with Crippen LogP contribution in [-0.4, -0.2) is 35.1 Å². The fourth-order valence-corrected chi connectivity index (χ4v) is 4.13. The van der Waals surface area contributed by atoms with Gasteiger partial charge in [0, 0.05) is 23.9 Å². The molecule has 0 saturated carbocycles. The zero-order chi connectivity index (χ0) is 22.6. The first-order valence-electron chi connectivity index (χ1n) is 10.6. The van der Waals surface area contributed by atoms with Crippen molar-refractivity contribution in [1.82, 2.24) is 10.2 Å². The first kappa shape index (κ1) is 25.2. The van der Waals surface area contributed by atoms with E-state index in [0.29, 0.717) is 30.3 Å². The van der Waals surface area contributed by atoms with Gasteiger partial charge < -0.3 is 10.2 Å². The molecule has 0 bridgehead atoms. The molecule has 1 atom stereocenters. The molecule has 0 aliphatic heterocycles. The van der Waals surface area contributed by atoms with Crippen LogP contribution in [0.5, 0.6) is 0 Å². The molecule has 0 aliphatic rings. The van der Waals surface area contributed by atoms with E-state index >= 15 is 0 Å². The molecule has 0 saturated heterocycles. The lowest BCUT2D eigenvalue weighted by Crippen LogP contribution is -2.49. The zero-order valence-corrected chi connectivity index (χ0v) is 19.6. The molecule has 0 heterocycles. The molecule has 168 valence electrons. The molecule has 1 unspecified atom stereocenters. The number of rotatable bonds is 12. The first-order valence-corrected chi connectivity index (χ1v) is 12.1. The second kappa shape index (κ2) is 13.4. The summed E-state index contributed by atoms with van der Waals surface area (Å²) in [4.78, 5) is 27.6. The van der Waals surface area contributed by atoms with Gasteiger partial charge in [-0.3, -0.25) is 9.59 Å². The van der Waals surface area contributed by atoms with Crippen LogP contribution in [0.1, 0.15) is 44.2 Å². The van der Waals surface area contributed by atoms with E-state index in [-0.39, 0.29) is 23.4 Å². The van der Waals surface area contributed by atoms with Crippen molar-refractivity contribution >= 4 is 35.2 Å². The van der Waals surface area contributed by atoms with Gasteiger partial charge in [-0.25, -0.2) is 4.39 Å². The molecular formula is C24H30ClFN2O2S. The van der Waals surface area contributed by atoms with Crippen molar-refractivity contribution in [2.75, 3.05) is 12.3 Å². The molecule has 0 aromatic heterocycles. The van der Waals surface area contributed by atoms with E-state index in [2.05, 4.69) is 12.2 Å². The minimum atomic E-state index is -0.536. The highest BCUT2D eigenvalue weighted by Crippen LogP contribution is 2.18. The number of halogens is 2. The molecule has 0 fully saturated rings. The van der Waals surface area contributed by atoms with Crippen molar-refractivity contribution in [3.63, 3.8) is 0 Å². The molecule has 0 spiro atoms. The van der Waals surface area contributed by atoms with Crippen LogP contribution in [0.4, 0.5) is 4.39 Å². The van der Waals surface area contributed by atoms with Gasteiger partial charge in [0.25, 0.3) is 0 Å². The molecule has 4 nitrogen and oxygen atoms in total. The summed E-state index contributed by atoms with van der Waals surface area (Å²) < 4.78 is 13.1. The third-order valence-corrected chi connectivity index (χ3v) is 6.13. The minimum Gasteiger partial charge on any atom is -0.354 e. The van der Waals surface area contributed by atoms with Crippen molar-refractivity contribution in [2.45, 2.75) is 51.4 Å². The third-order valence-electron chi connectivity index (χ3n) is 4.89. The molecule has 1 N–H and O–H groups in total. The van der Waals surface area contributed by atoms with Crippen LogP contribution in [0.15, 0.2) is 48.5 Å². The second-order valence-electron chi connectivity index (χ2n) is 7.34. The van der Waals surface area contributed by atoms with E-state index in [9.17, 15) is 14.0 Å². The predicted molar refractivity (Wildman–Crippen MR) is 127 cm³/mol. The lowest BCUT2D eigenvalue weighted by molar-refractivity contribution is -0.139. The van der Waals surface area contributed by atoms with Crippen molar-refractivity contribution in [2.24, 2.45) is 0 Å². The molecule has 2 amide bonds. The Bertz CT molecular complexity index is 830. The van der Waals surface area contributed by atoms with Crippen LogP contribution in [0.2, 0.25) is 5.02 Å². The number of nitrogens with one attached hydrogen (secondary N) is 1. The third kappa shape index (κ3) is 8.54. The molecule has 2 aromatic rings. The SMILES string of the molecule is CCCCNC(=O)C(CC)N(Cc1ccc(Cl)cc1)C(=O)CSCc1ccc(F)cc1. The number of nitrogens with zero attached hydrogens (tertiary/aromatic N) is 1. The summed E-state index contributed by atoms with van der Waals surface area (Å²) in [5.41, 5.74) is 1.87. The summed E-state index contributed by atoms with van der Waals surface area (Å²) in [5, 5.41) is 3.58. The highest BCUT2D eigenvalue weighted by Gasteiger charge is 2.28. The smallest absolute Gasteiger partial charge is 0.242 e. The Balaban J connectivity index is 2.08. The number of carbonyl (C=O) groups excluding carboxylic acids is 2. The Morgan fingerprint density at radius 1 is 1.06 bits per heavy atom. The maximum Gasteiger partial charge on any atom is 0.242 e. The summed E-state index contributed by atoms with van der Waals surface area (Å²) in [6, 6.07) is 13.0. The Morgan fingerprint density at radius 2 is 1.71 bits per heavy atom. The highest BCUT2D eigenvalue weighted by atomic mass is 35.5. The summed E-state index contributed by atoms with van der Waals surface area (Å²) in [7, 11) is 0. The fraction of sp³-hybridized carbons (Fsp3) is 0.417. The summed E-state index contributed by atoms with van der Waals surface area (Å²) >= 11 is 7.44. The minimum absolute atomic E-state index is 0.0976. The van der Waals surface area contributed by atoms with Crippen LogP contribution >= 0.6 is 23.4 Å². The number of hydrogen-bond acceptors (Lipinski definition) is 3. The predicted octanol–water partition coefficient (Wildman–Crippen LogP) is 5.44. The van der Waals surface area contributed by atoms with Gasteiger partial charge in [0.05, 0.1) is 5.75 Å². The van der Waals surface area contributed by atoms with E-state index in [1.165, 1.54) is 23.9 Å². The molecule has 0 radical (unpaired) electrons. The van der Waals surface area contributed by atoms with Gasteiger partial charge in [-0.2, -0.15) is 0 Å². The number of thioether (sulfide) groups is 1. The fourth-order valence-electron chi connectivity index (χ4n) is 3.13. The summed E-state index contributed by atoms with van der Waals surface area (Å²) in [6.07, 6.45) is 2.42. The van der Waals surface area contributed by atoms with E-state index in [0.717, 1.165) is 24.0 Å². The Kier molecular flexibility index (Phi) is 10.9. The quantitative estimate of drug-likeness (QED) is 0.426. The van der Waals surface area contributed by atoms with Crippen LogP contribution in [-0.2, 0) is 21.9 Å². The van der Waals surface area contributed by atoms with Gasteiger partial charge in [0.15, 0.2) is 0 Å². The van der Waals surface area contributed by atoms with E-state index in [1.54, 1.807) is 29.2 Å². The number of amides is 2. The van der Waals surface area contributed by atoms with Crippen molar-refractivity contribution in [3.05, 3.63) is 70.5 Å². The largest absolute Gasteiger partial charge is 0.354 e. The van der Waals surface area contributed by atoms with E-state index in [1.807, 2.05) is 19.1 Å². The van der Waals surface area contributed by atoms with Crippen molar-refractivity contribution in [1.29, 1.82) is 0 Å². The van der Waals surface area contributed by atoms with E-state index < -0.39 is 6.04 Å². The molecule has 2 aromatic carbocycles. The number of hydrogen-bond donors (Lipinski definition) is 1. The average molecular weight is 465 g/mol.